The molecule has 0 spiro atoms. The molecular weight excluding hydrogens is 447 g/mol. The molecule has 3 N–H and O–H groups in total. The van der Waals surface area contributed by atoms with E-state index >= 15 is 0 Å². The number of carbonyl (C=O) groups is 1. The third kappa shape index (κ3) is 5.72. The number of amides is 1. The van der Waals surface area contributed by atoms with Gasteiger partial charge in [-0.25, -0.2) is 12.8 Å². The summed E-state index contributed by atoms with van der Waals surface area (Å²) < 4.78 is 40.1. The molecule has 4 fully saturated rings. The summed E-state index contributed by atoms with van der Waals surface area (Å²) in [6, 6.07) is 0.100. The number of aliphatic hydroxyl groups is 1. The van der Waals surface area contributed by atoms with Gasteiger partial charge in [0.25, 0.3) is 0 Å². The molecule has 1 amide bonds. The number of carbonyl (C=O) groups excluding carboxylic acids is 1. The average molecular weight is 489 g/mol. The number of nitrogens with one attached hydrogen (secondary N) is 2. The molecule has 8 atom stereocenters. The maximum absolute atomic E-state index is 14.4. The molecule has 0 aromatic carbocycles. The van der Waals surface area contributed by atoms with Crippen molar-refractivity contribution in [1.82, 2.24) is 19.8 Å². The van der Waals surface area contributed by atoms with Gasteiger partial charge in [0.05, 0.1) is 18.9 Å². The average Bonchev–Trinajstić information content (AvgIpc) is 3.42. The second-order valence-corrected chi connectivity index (χ2v) is 12.7. The van der Waals surface area contributed by atoms with Crippen LogP contribution in [0.2, 0.25) is 0 Å². The van der Waals surface area contributed by atoms with Crippen molar-refractivity contribution in [2.45, 2.75) is 94.7 Å². The molecule has 0 radical (unpaired) electrons. The summed E-state index contributed by atoms with van der Waals surface area (Å²) in [7, 11) is -3.36. The Bertz CT molecular complexity index is 781. The number of likely N-dealkylation sites (tertiary alicyclic amines) is 1. The molecule has 0 aromatic rings. The summed E-state index contributed by atoms with van der Waals surface area (Å²) in [6.45, 7) is 3.60. The molecule has 8 nitrogen and oxygen atoms in total. The predicted molar refractivity (Wildman–Crippen MR) is 125 cm³/mol. The zero-order valence-corrected chi connectivity index (χ0v) is 20.8. The molecule has 2 saturated carbocycles. The van der Waals surface area contributed by atoms with E-state index in [4.69, 9.17) is 0 Å². The molecule has 0 aromatic heterocycles. The zero-order valence-electron chi connectivity index (χ0n) is 20.0. The lowest BCUT2D eigenvalue weighted by molar-refractivity contribution is -0.124. The highest BCUT2D eigenvalue weighted by Crippen LogP contribution is 2.38. The van der Waals surface area contributed by atoms with Gasteiger partial charge in [-0.15, -0.1) is 0 Å². The molecule has 5 unspecified atom stereocenters. The number of fused-ring (bicyclic) bond motifs is 1. The molecule has 4 aliphatic rings. The fraction of sp³-hybridized carbons (Fsp3) is 0.957. The molecule has 4 rings (SSSR count). The van der Waals surface area contributed by atoms with Crippen LogP contribution in [0.25, 0.3) is 0 Å². The van der Waals surface area contributed by atoms with E-state index in [2.05, 4.69) is 22.5 Å². The van der Waals surface area contributed by atoms with Crippen LogP contribution in [0.1, 0.15) is 58.3 Å². The highest BCUT2D eigenvalue weighted by atomic mass is 32.2. The fourth-order valence-corrected chi connectivity index (χ4v) is 7.91. The second kappa shape index (κ2) is 10.4. The van der Waals surface area contributed by atoms with Gasteiger partial charge in [0.15, 0.2) is 0 Å². The minimum atomic E-state index is -3.36. The van der Waals surface area contributed by atoms with Gasteiger partial charge in [-0.1, -0.05) is 6.92 Å². The van der Waals surface area contributed by atoms with Crippen molar-refractivity contribution in [1.29, 1.82) is 0 Å². The van der Waals surface area contributed by atoms with E-state index in [-0.39, 0.29) is 49.1 Å². The number of hydrogen-bond acceptors (Lipinski definition) is 6. The van der Waals surface area contributed by atoms with Gasteiger partial charge in [0.1, 0.15) is 6.17 Å². The molecule has 33 heavy (non-hydrogen) atoms. The van der Waals surface area contributed by atoms with Crippen molar-refractivity contribution >= 4 is 15.9 Å². The maximum Gasteiger partial charge on any atom is 0.237 e. The van der Waals surface area contributed by atoms with Gasteiger partial charge < -0.3 is 15.7 Å². The molecule has 10 heteroatoms. The van der Waals surface area contributed by atoms with Gasteiger partial charge in [0, 0.05) is 49.7 Å². The summed E-state index contributed by atoms with van der Waals surface area (Å²) in [5.41, 5.74) is 0. The van der Waals surface area contributed by atoms with Crippen LogP contribution in [0.15, 0.2) is 0 Å². The van der Waals surface area contributed by atoms with Crippen molar-refractivity contribution in [3.8, 4) is 0 Å². The van der Waals surface area contributed by atoms with Crippen LogP contribution in [0.4, 0.5) is 4.39 Å². The van der Waals surface area contributed by atoms with Crippen LogP contribution < -0.4 is 10.6 Å². The normalized spacial score (nSPS) is 40.2. The molecule has 2 saturated heterocycles. The van der Waals surface area contributed by atoms with E-state index in [1.54, 1.807) is 0 Å². The number of halogens is 1. The monoisotopic (exact) mass is 488 g/mol. The summed E-state index contributed by atoms with van der Waals surface area (Å²) in [4.78, 5) is 15.4. The molecule has 2 heterocycles. The molecule has 190 valence electrons. The van der Waals surface area contributed by atoms with Crippen LogP contribution in [-0.2, 0) is 14.8 Å². The summed E-state index contributed by atoms with van der Waals surface area (Å²) in [5.74, 6) is 0.348. The van der Waals surface area contributed by atoms with Crippen LogP contribution in [-0.4, -0.2) is 97.5 Å². The van der Waals surface area contributed by atoms with Gasteiger partial charge in [0.2, 0.25) is 15.9 Å². The van der Waals surface area contributed by atoms with Crippen molar-refractivity contribution in [3.63, 3.8) is 0 Å². The Kier molecular flexibility index (Phi) is 8.00. The van der Waals surface area contributed by atoms with Crippen LogP contribution in [0, 0.1) is 11.8 Å². The SMILES string of the molecule is CC1CCC(F)C2CC(C(=O)N[C@@H]3CCC[C@@H](N4CC[C@H](N(CCO)S(C)(=O)=O)C4)C3)NC12. The summed E-state index contributed by atoms with van der Waals surface area (Å²) in [6.07, 6.45) is 7.10. The molecule has 2 aliphatic carbocycles. The van der Waals surface area contributed by atoms with E-state index in [0.29, 0.717) is 31.3 Å². The number of aliphatic hydroxyl groups excluding tert-OH is 1. The van der Waals surface area contributed by atoms with Crippen molar-refractivity contribution in [3.05, 3.63) is 0 Å². The van der Waals surface area contributed by atoms with Crippen molar-refractivity contribution in [2.75, 3.05) is 32.5 Å². The Balaban J connectivity index is 1.30. The number of rotatable bonds is 7. The Labute approximate surface area is 197 Å². The van der Waals surface area contributed by atoms with Crippen LogP contribution >= 0.6 is 0 Å². The fourth-order valence-electron chi connectivity index (χ4n) is 6.78. The summed E-state index contributed by atoms with van der Waals surface area (Å²) in [5, 5.41) is 16.0. The zero-order chi connectivity index (χ0) is 23.8. The van der Waals surface area contributed by atoms with Crippen LogP contribution in [0.5, 0.6) is 0 Å². The van der Waals surface area contributed by atoms with Crippen LogP contribution in [0.3, 0.4) is 0 Å². The number of sulfonamides is 1. The van der Waals surface area contributed by atoms with E-state index in [1.165, 1.54) is 10.6 Å². The van der Waals surface area contributed by atoms with Gasteiger partial charge >= 0.3 is 0 Å². The van der Waals surface area contributed by atoms with E-state index in [0.717, 1.165) is 45.1 Å². The number of hydrogen-bond donors (Lipinski definition) is 3. The third-order valence-electron chi connectivity index (χ3n) is 8.51. The lowest BCUT2D eigenvalue weighted by Crippen LogP contribution is -2.51. The minimum absolute atomic E-state index is 0.0000502. The Morgan fingerprint density at radius 3 is 2.70 bits per heavy atom. The standard InChI is InChI=1S/C23H41FN4O4S/c1-15-6-7-20(24)19-13-21(26-22(15)19)23(30)25-16-4-3-5-17(12-16)27-9-8-18(14-27)28(10-11-29)33(2,31)32/h15-22,26,29H,3-14H2,1-2H3,(H,25,30)/t15?,16-,17-,18+,19?,20?,21?,22?/m1/s1. The Morgan fingerprint density at radius 1 is 1.21 bits per heavy atom. The Morgan fingerprint density at radius 2 is 2.00 bits per heavy atom. The molecular formula is C23H41FN4O4S. The first-order valence-electron chi connectivity index (χ1n) is 12.7. The maximum atomic E-state index is 14.4. The van der Waals surface area contributed by atoms with E-state index in [9.17, 15) is 22.7 Å². The number of nitrogens with zero attached hydrogens (tertiary/aromatic N) is 2. The largest absolute Gasteiger partial charge is 0.395 e. The van der Waals surface area contributed by atoms with Gasteiger partial charge in [-0.05, 0) is 57.3 Å². The van der Waals surface area contributed by atoms with Crippen molar-refractivity contribution < 1.29 is 22.7 Å². The van der Waals surface area contributed by atoms with E-state index < -0.39 is 16.2 Å². The van der Waals surface area contributed by atoms with Crippen molar-refractivity contribution in [2.24, 2.45) is 11.8 Å². The first kappa shape index (κ1) is 25.3. The summed E-state index contributed by atoms with van der Waals surface area (Å²) >= 11 is 0. The number of alkyl halides is 1. The highest BCUT2D eigenvalue weighted by Gasteiger charge is 2.46. The first-order chi connectivity index (χ1) is 15.7. The second-order valence-electron chi connectivity index (χ2n) is 10.8. The lowest BCUT2D eigenvalue weighted by atomic mass is 9.77. The highest BCUT2D eigenvalue weighted by molar-refractivity contribution is 7.88. The predicted octanol–water partition coefficient (Wildman–Crippen LogP) is 0.857. The quantitative estimate of drug-likeness (QED) is 0.491. The lowest BCUT2D eigenvalue weighted by Gasteiger charge is -2.36. The minimum Gasteiger partial charge on any atom is -0.395 e. The van der Waals surface area contributed by atoms with Gasteiger partial charge in [-0.2, -0.15) is 4.31 Å². The topological polar surface area (TPSA) is 102 Å². The third-order valence-corrected chi connectivity index (χ3v) is 9.85. The molecule has 2 aliphatic heterocycles. The Hall–Kier alpha value is -0.810. The molecule has 0 bridgehead atoms. The smallest absolute Gasteiger partial charge is 0.237 e. The van der Waals surface area contributed by atoms with E-state index in [1.807, 2.05) is 0 Å². The first-order valence-corrected chi connectivity index (χ1v) is 14.5. The van der Waals surface area contributed by atoms with Gasteiger partial charge in [-0.3, -0.25) is 9.69 Å².